The molecule has 8 nitrogen and oxygen atoms in total. The summed E-state index contributed by atoms with van der Waals surface area (Å²) in [5.74, 6) is -0.256. The molecule has 0 saturated carbocycles. The zero-order chi connectivity index (χ0) is 34.1. The molecule has 0 saturated heterocycles. The maximum absolute atomic E-state index is 12.3. The average Bonchev–Trinajstić information content (AvgIpc) is 3.05. The summed E-state index contributed by atoms with van der Waals surface area (Å²) >= 11 is 0. The topological polar surface area (TPSA) is 91.4 Å². The second kappa shape index (κ2) is 33.1. The lowest BCUT2D eigenvalue weighted by atomic mass is 10.0. The van der Waals surface area contributed by atoms with Crippen LogP contribution in [0.15, 0.2) is 0 Å². The van der Waals surface area contributed by atoms with Crippen molar-refractivity contribution >= 4 is 18.1 Å². The van der Waals surface area contributed by atoms with Crippen molar-refractivity contribution < 1.29 is 33.3 Å². The molecule has 0 aliphatic heterocycles. The Morgan fingerprint density at radius 2 is 1.04 bits per heavy atom. The molecule has 0 radical (unpaired) electrons. The Kier molecular flexibility index (Phi) is 31.8. The Morgan fingerprint density at radius 3 is 1.63 bits per heavy atom. The maximum atomic E-state index is 12.3. The van der Waals surface area contributed by atoms with Crippen LogP contribution in [-0.4, -0.2) is 68.6 Å². The van der Waals surface area contributed by atoms with Crippen LogP contribution in [0.25, 0.3) is 0 Å². The zero-order valence-electron chi connectivity index (χ0n) is 30.8. The summed E-state index contributed by atoms with van der Waals surface area (Å²) < 4.78 is 22.1. The molecule has 0 aromatic carbocycles. The molecule has 0 aromatic heterocycles. The molecule has 272 valence electrons. The normalized spacial score (nSPS) is 12.0. The van der Waals surface area contributed by atoms with Gasteiger partial charge in [0.05, 0.1) is 13.2 Å². The van der Waals surface area contributed by atoms with Gasteiger partial charge in [0.25, 0.3) is 0 Å². The van der Waals surface area contributed by atoms with Gasteiger partial charge in [-0.3, -0.25) is 9.59 Å². The van der Waals surface area contributed by atoms with Crippen molar-refractivity contribution in [1.82, 2.24) is 4.90 Å². The fourth-order valence-electron chi connectivity index (χ4n) is 5.54. The van der Waals surface area contributed by atoms with Crippen molar-refractivity contribution in [3.63, 3.8) is 0 Å². The Balaban J connectivity index is 4.40. The van der Waals surface area contributed by atoms with Crippen molar-refractivity contribution in [2.75, 3.05) is 39.5 Å². The van der Waals surface area contributed by atoms with Crippen molar-refractivity contribution in [3.8, 4) is 0 Å². The number of ether oxygens (including phenoxy) is 4. The monoisotopic (exact) mass is 656 g/mol. The molecule has 0 fully saturated rings. The van der Waals surface area contributed by atoms with E-state index in [9.17, 15) is 14.4 Å². The molecule has 0 N–H and O–H groups in total. The Hall–Kier alpha value is -1.83. The van der Waals surface area contributed by atoms with E-state index in [1.807, 2.05) is 0 Å². The third-order valence-corrected chi connectivity index (χ3v) is 8.69. The first kappa shape index (κ1) is 44.2. The van der Waals surface area contributed by atoms with E-state index in [4.69, 9.17) is 18.9 Å². The minimum Gasteiger partial charge on any atom is -0.465 e. The van der Waals surface area contributed by atoms with Gasteiger partial charge in [0.2, 0.25) is 0 Å². The number of unbranched alkanes of at least 4 members (excludes halogenated alkanes) is 12. The maximum Gasteiger partial charge on any atom is 0.508 e. The summed E-state index contributed by atoms with van der Waals surface area (Å²) in [6.07, 6.45) is 21.3. The quantitative estimate of drug-likeness (QED) is 0.0392. The highest BCUT2D eigenvalue weighted by Crippen LogP contribution is 2.17. The number of carbonyl (C=O) groups is 3. The number of carbonyl (C=O) groups excluding carboxylic acids is 3. The van der Waals surface area contributed by atoms with Gasteiger partial charge < -0.3 is 23.8 Å². The molecule has 0 rings (SSSR count). The van der Waals surface area contributed by atoms with E-state index in [1.165, 1.54) is 19.3 Å². The van der Waals surface area contributed by atoms with Gasteiger partial charge >= 0.3 is 18.1 Å². The van der Waals surface area contributed by atoms with Gasteiger partial charge in [-0.05, 0) is 51.6 Å². The van der Waals surface area contributed by atoms with Gasteiger partial charge in [0.15, 0.2) is 0 Å². The predicted molar refractivity (Wildman–Crippen MR) is 188 cm³/mol. The Morgan fingerprint density at radius 1 is 0.522 bits per heavy atom. The van der Waals surface area contributed by atoms with E-state index in [0.717, 1.165) is 129 Å². The summed E-state index contributed by atoms with van der Waals surface area (Å²) in [4.78, 5) is 39.2. The summed E-state index contributed by atoms with van der Waals surface area (Å²) in [7, 11) is 0. The van der Waals surface area contributed by atoms with Crippen LogP contribution in [0, 0.1) is 5.92 Å². The van der Waals surface area contributed by atoms with Crippen LogP contribution in [-0.2, 0) is 28.5 Å². The smallest absolute Gasteiger partial charge is 0.465 e. The number of hydrogen-bond donors (Lipinski definition) is 0. The van der Waals surface area contributed by atoms with E-state index in [-0.39, 0.29) is 37.2 Å². The number of hydrogen-bond acceptors (Lipinski definition) is 8. The number of rotatable bonds is 33. The molecule has 0 spiro atoms. The molecule has 0 aromatic rings. The highest BCUT2D eigenvalue weighted by molar-refractivity contribution is 5.69. The highest BCUT2D eigenvalue weighted by atomic mass is 16.7. The first-order chi connectivity index (χ1) is 22.4. The molecule has 0 aliphatic carbocycles. The van der Waals surface area contributed by atoms with Crippen LogP contribution in [0.2, 0.25) is 0 Å². The number of nitrogens with zero attached hydrogens (tertiary/aromatic N) is 1. The van der Waals surface area contributed by atoms with Gasteiger partial charge in [0, 0.05) is 25.3 Å². The van der Waals surface area contributed by atoms with E-state index >= 15 is 0 Å². The fraction of sp³-hybridized carbons (Fsp3) is 0.921. The zero-order valence-corrected chi connectivity index (χ0v) is 30.8. The second-order valence-electron chi connectivity index (χ2n) is 12.9. The lowest BCUT2D eigenvalue weighted by Crippen LogP contribution is -2.25. The molecule has 0 aliphatic rings. The van der Waals surface area contributed by atoms with Crippen LogP contribution in [0.1, 0.15) is 176 Å². The van der Waals surface area contributed by atoms with Gasteiger partial charge in [-0.2, -0.15) is 0 Å². The lowest BCUT2D eigenvalue weighted by Gasteiger charge is -2.18. The Labute approximate surface area is 283 Å². The van der Waals surface area contributed by atoms with E-state index < -0.39 is 6.16 Å². The van der Waals surface area contributed by atoms with Crippen molar-refractivity contribution in [3.05, 3.63) is 0 Å². The van der Waals surface area contributed by atoms with Gasteiger partial charge in [-0.1, -0.05) is 125 Å². The first-order valence-corrected chi connectivity index (χ1v) is 19.3. The molecule has 46 heavy (non-hydrogen) atoms. The second-order valence-corrected chi connectivity index (χ2v) is 12.9. The molecule has 0 heterocycles. The first-order valence-electron chi connectivity index (χ1n) is 19.3. The van der Waals surface area contributed by atoms with Crippen LogP contribution in [0.3, 0.4) is 0 Å². The molecule has 1 unspecified atom stereocenters. The summed E-state index contributed by atoms with van der Waals surface area (Å²) in [6, 6.07) is 0. The third kappa shape index (κ3) is 28.4. The lowest BCUT2D eigenvalue weighted by molar-refractivity contribution is -0.150. The molecule has 0 bridgehead atoms. The van der Waals surface area contributed by atoms with E-state index in [0.29, 0.717) is 19.4 Å². The van der Waals surface area contributed by atoms with E-state index in [2.05, 4.69) is 39.5 Å². The van der Waals surface area contributed by atoms with Crippen molar-refractivity contribution in [1.29, 1.82) is 0 Å². The molecule has 0 amide bonds. The van der Waals surface area contributed by atoms with Gasteiger partial charge in [-0.15, -0.1) is 0 Å². The third-order valence-electron chi connectivity index (χ3n) is 8.69. The largest absolute Gasteiger partial charge is 0.508 e. The highest BCUT2D eigenvalue weighted by Gasteiger charge is 2.17. The van der Waals surface area contributed by atoms with Crippen molar-refractivity contribution in [2.45, 2.75) is 182 Å². The van der Waals surface area contributed by atoms with Crippen LogP contribution >= 0.6 is 0 Å². The predicted octanol–water partition coefficient (Wildman–Crippen LogP) is 10.2. The minimum absolute atomic E-state index is 0.0418. The molecular weight excluding hydrogens is 582 g/mol. The van der Waals surface area contributed by atoms with Gasteiger partial charge in [0.1, 0.15) is 12.7 Å². The molecular formula is C38H73NO7. The minimum atomic E-state index is -0.650. The van der Waals surface area contributed by atoms with Gasteiger partial charge in [-0.25, -0.2) is 4.79 Å². The molecule has 1 atom stereocenters. The summed E-state index contributed by atoms with van der Waals surface area (Å²) in [5, 5.41) is 0. The van der Waals surface area contributed by atoms with Crippen LogP contribution in [0.5, 0.6) is 0 Å². The SMILES string of the molecule is CCCCCCCCC(=O)OCC(CCCCCCCCC(=O)OC(CCCC)CCCC)COC(=O)OCCCN(CC)CC. The fourth-order valence-corrected chi connectivity index (χ4v) is 5.54. The average molecular weight is 656 g/mol. The van der Waals surface area contributed by atoms with E-state index in [1.54, 1.807) is 0 Å². The summed E-state index contributed by atoms with van der Waals surface area (Å²) in [6.45, 7) is 14.4. The standard InChI is InChI=1S/C38H73NO7/c1-6-11-14-15-19-22-28-36(40)44-32-34(33-45-38(42)43-31-24-30-39(9-4)10-5)25-21-18-16-17-20-23-29-37(41)46-35(26-12-7-2)27-13-8-3/h34-35H,6-33H2,1-5H3. The Bertz CT molecular complexity index is 705. The van der Waals surface area contributed by atoms with Crippen LogP contribution in [0.4, 0.5) is 4.79 Å². The number of esters is 2. The van der Waals surface area contributed by atoms with Crippen molar-refractivity contribution in [2.24, 2.45) is 5.92 Å². The molecule has 8 heteroatoms. The van der Waals surface area contributed by atoms with Crippen LogP contribution < -0.4 is 0 Å². The summed E-state index contributed by atoms with van der Waals surface area (Å²) in [5.41, 5.74) is 0.